The Hall–Kier alpha value is -2.86. The van der Waals surface area contributed by atoms with Gasteiger partial charge in [-0.1, -0.05) is 52.3 Å². The first-order chi connectivity index (χ1) is 21.0. The van der Waals surface area contributed by atoms with Crippen molar-refractivity contribution in [3.05, 3.63) is 77.8 Å². The lowest BCUT2D eigenvalue weighted by molar-refractivity contribution is 0.161. The van der Waals surface area contributed by atoms with Crippen LogP contribution >= 0.6 is 0 Å². The standard InChI is InChI=1S/C34H45N5O3SSi/c1-8-11-31(38-43(5)40)30-14-10-13-29(37-30)25-20-27(24-16-18-41-19-17-24)28-22-35-39(32(28)21-25)33-15-9-12-26(36-33)23-42-44(6,7)34(2,3)4/h9-10,12-16,20-22,31,38H,8,11,17-19,23H2,1-7H3/t31-,43?/m0/s1. The van der Waals surface area contributed by atoms with Crippen LogP contribution in [-0.2, 0) is 27.1 Å². The lowest BCUT2D eigenvalue weighted by atomic mass is 9.95. The van der Waals surface area contributed by atoms with Gasteiger partial charge < -0.3 is 13.7 Å². The fourth-order valence-corrected chi connectivity index (χ4v) is 6.77. The van der Waals surface area contributed by atoms with Crippen molar-refractivity contribution >= 4 is 36.2 Å². The Labute approximate surface area is 265 Å². The summed E-state index contributed by atoms with van der Waals surface area (Å²) in [5.41, 5.74) is 6.97. The molecule has 0 radical (unpaired) electrons. The third-order valence-electron chi connectivity index (χ3n) is 8.70. The smallest absolute Gasteiger partial charge is 0.192 e. The number of ether oxygens (including phenoxy) is 1. The van der Waals surface area contributed by atoms with Crippen LogP contribution in [0.1, 0.15) is 70.0 Å². The number of rotatable bonds is 11. The Balaban J connectivity index is 1.58. The molecule has 1 aliphatic rings. The minimum atomic E-state index is -1.92. The number of aromatic nitrogens is 4. The van der Waals surface area contributed by atoms with Crippen LogP contribution in [0.25, 0.3) is 33.6 Å². The minimum absolute atomic E-state index is 0.0850. The first-order valence-electron chi connectivity index (χ1n) is 15.4. The Morgan fingerprint density at radius 2 is 1.93 bits per heavy atom. The van der Waals surface area contributed by atoms with Crippen molar-refractivity contribution in [1.29, 1.82) is 0 Å². The normalized spacial score (nSPS) is 15.8. The number of hydrogen-bond acceptors (Lipinski definition) is 7. The Bertz CT molecular complexity index is 1630. The van der Waals surface area contributed by atoms with Crippen molar-refractivity contribution in [3.8, 4) is 17.1 Å². The van der Waals surface area contributed by atoms with Gasteiger partial charge in [-0.25, -0.2) is 9.67 Å². The molecule has 1 N–H and O–H groups in total. The minimum Gasteiger partial charge on any atom is -0.598 e. The van der Waals surface area contributed by atoms with E-state index in [2.05, 4.69) is 63.7 Å². The van der Waals surface area contributed by atoms with Crippen LogP contribution in [0.5, 0.6) is 0 Å². The second-order valence-electron chi connectivity index (χ2n) is 13.0. The van der Waals surface area contributed by atoms with E-state index < -0.39 is 19.7 Å². The number of fused-ring (bicyclic) bond motifs is 1. The molecule has 0 aliphatic carbocycles. The summed E-state index contributed by atoms with van der Waals surface area (Å²) in [6.45, 7) is 15.2. The summed E-state index contributed by atoms with van der Waals surface area (Å²) in [5, 5.41) is 6.04. The van der Waals surface area contributed by atoms with E-state index in [9.17, 15) is 4.55 Å². The molecule has 5 rings (SSSR count). The SMILES string of the molecule is CCC[C@H](N[S+](C)[O-])c1cccc(-c2cc(C3=CCOCC3)c3cnn(-c4cccc(CO[Si](C)(C)C(C)(C)C)n4)c3c2)n1. The molecule has 0 spiro atoms. The van der Waals surface area contributed by atoms with Crippen LogP contribution in [0.3, 0.4) is 0 Å². The molecule has 0 fully saturated rings. The van der Waals surface area contributed by atoms with E-state index in [1.807, 2.05) is 47.3 Å². The van der Waals surface area contributed by atoms with Gasteiger partial charge in [-0.2, -0.15) is 5.10 Å². The molecule has 4 aromatic rings. The average Bonchev–Trinajstić information content (AvgIpc) is 3.43. The zero-order valence-electron chi connectivity index (χ0n) is 27.0. The Morgan fingerprint density at radius 3 is 2.64 bits per heavy atom. The molecule has 10 heteroatoms. The predicted octanol–water partition coefficient (Wildman–Crippen LogP) is 7.53. The Morgan fingerprint density at radius 1 is 1.14 bits per heavy atom. The molecule has 2 atom stereocenters. The molecule has 1 aliphatic heterocycles. The third kappa shape index (κ3) is 7.33. The van der Waals surface area contributed by atoms with Crippen molar-refractivity contribution in [1.82, 2.24) is 24.5 Å². The first kappa shape index (κ1) is 32.5. The first-order valence-corrected chi connectivity index (χ1v) is 19.9. The Kier molecular flexibility index (Phi) is 10.1. The molecule has 1 aromatic carbocycles. The fourth-order valence-electron chi connectivity index (χ4n) is 5.19. The highest BCUT2D eigenvalue weighted by atomic mass is 32.2. The highest BCUT2D eigenvalue weighted by molar-refractivity contribution is 7.88. The molecular formula is C34H45N5O3SSi. The zero-order chi connectivity index (χ0) is 31.5. The van der Waals surface area contributed by atoms with Crippen molar-refractivity contribution in [2.24, 2.45) is 0 Å². The topological polar surface area (TPSA) is 97.1 Å². The van der Waals surface area contributed by atoms with Crippen LogP contribution in [0.2, 0.25) is 18.1 Å². The number of benzene rings is 1. The van der Waals surface area contributed by atoms with E-state index in [-0.39, 0.29) is 11.1 Å². The quantitative estimate of drug-likeness (QED) is 0.135. The van der Waals surface area contributed by atoms with Gasteiger partial charge in [0, 0.05) is 22.3 Å². The number of pyridine rings is 2. The predicted molar refractivity (Wildman–Crippen MR) is 182 cm³/mol. The summed E-state index contributed by atoms with van der Waals surface area (Å²) in [6.07, 6.45) is 8.41. The highest BCUT2D eigenvalue weighted by Crippen LogP contribution is 2.37. The van der Waals surface area contributed by atoms with Gasteiger partial charge >= 0.3 is 0 Å². The van der Waals surface area contributed by atoms with Crippen LogP contribution in [-0.4, -0.2) is 52.1 Å². The van der Waals surface area contributed by atoms with Crippen LogP contribution < -0.4 is 4.72 Å². The molecule has 0 bridgehead atoms. The van der Waals surface area contributed by atoms with Crippen molar-refractivity contribution in [3.63, 3.8) is 0 Å². The van der Waals surface area contributed by atoms with E-state index >= 15 is 0 Å². The summed E-state index contributed by atoms with van der Waals surface area (Å²) >= 11 is -1.14. The molecule has 0 amide bonds. The molecule has 8 nitrogen and oxygen atoms in total. The zero-order valence-corrected chi connectivity index (χ0v) is 28.8. The van der Waals surface area contributed by atoms with Crippen LogP contribution in [0.4, 0.5) is 0 Å². The molecule has 3 aromatic heterocycles. The maximum absolute atomic E-state index is 12.1. The van der Waals surface area contributed by atoms with Crippen LogP contribution in [0.15, 0.2) is 60.8 Å². The molecule has 0 saturated carbocycles. The average molecular weight is 632 g/mol. The molecular weight excluding hydrogens is 587 g/mol. The second kappa shape index (κ2) is 13.6. The van der Waals surface area contributed by atoms with Gasteiger partial charge in [0.1, 0.15) is 6.26 Å². The highest BCUT2D eigenvalue weighted by Gasteiger charge is 2.37. The van der Waals surface area contributed by atoms with Gasteiger partial charge in [0.2, 0.25) is 0 Å². The van der Waals surface area contributed by atoms with Gasteiger partial charge in [0.05, 0.1) is 54.7 Å². The second-order valence-corrected chi connectivity index (χ2v) is 18.9. The summed E-state index contributed by atoms with van der Waals surface area (Å²) in [4.78, 5) is 10.1. The van der Waals surface area contributed by atoms with Crippen molar-refractivity contribution in [2.45, 2.75) is 77.7 Å². The van der Waals surface area contributed by atoms with Gasteiger partial charge in [0.25, 0.3) is 0 Å². The summed E-state index contributed by atoms with van der Waals surface area (Å²) in [7, 11) is -1.92. The lowest BCUT2D eigenvalue weighted by Gasteiger charge is -2.36. The molecule has 1 unspecified atom stereocenters. The van der Waals surface area contributed by atoms with Crippen LogP contribution in [0, 0.1) is 0 Å². The van der Waals surface area contributed by atoms with E-state index in [4.69, 9.17) is 24.2 Å². The maximum atomic E-state index is 12.1. The van der Waals surface area contributed by atoms with Crippen molar-refractivity contribution in [2.75, 3.05) is 19.5 Å². The summed E-state index contributed by atoms with van der Waals surface area (Å²) in [5.74, 6) is 0.750. The number of nitrogens with zero attached hydrogens (tertiary/aromatic N) is 4. The van der Waals surface area contributed by atoms with Gasteiger partial charge in [0.15, 0.2) is 14.1 Å². The number of nitrogens with one attached hydrogen (secondary N) is 1. The maximum Gasteiger partial charge on any atom is 0.192 e. The largest absolute Gasteiger partial charge is 0.598 e. The molecule has 4 heterocycles. The lowest BCUT2D eigenvalue weighted by Crippen LogP contribution is -2.40. The van der Waals surface area contributed by atoms with E-state index in [1.54, 1.807) is 6.26 Å². The van der Waals surface area contributed by atoms with Gasteiger partial charge in [-0.05, 0) is 78.5 Å². The van der Waals surface area contributed by atoms with Crippen molar-refractivity contribution < 1.29 is 13.7 Å². The monoisotopic (exact) mass is 631 g/mol. The summed E-state index contributed by atoms with van der Waals surface area (Å²) in [6, 6.07) is 16.4. The molecule has 44 heavy (non-hydrogen) atoms. The summed E-state index contributed by atoms with van der Waals surface area (Å²) < 4.78 is 29.3. The molecule has 234 valence electrons. The third-order valence-corrected chi connectivity index (χ3v) is 13.8. The van der Waals surface area contributed by atoms with E-state index in [1.165, 1.54) is 5.57 Å². The van der Waals surface area contributed by atoms with Gasteiger partial charge in [-0.15, -0.1) is 4.72 Å². The molecule has 0 saturated heterocycles. The fraction of sp³-hybridized carbons (Fsp3) is 0.441. The van der Waals surface area contributed by atoms with E-state index in [0.29, 0.717) is 19.8 Å². The van der Waals surface area contributed by atoms with Gasteiger partial charge in [-0.3, -0.25) is 4.98 Å². The number of hydrogen-bond donors (Lipinski definition) is 1. The van der Waals surface area contributed by atoms with E-state index in [0.717, 1.165) is 64.2 Å².